The van der Waals surface area contributed by atoms with Crippen LogP contribution in [0.3, 0.4) is 0 Å². The molecule has 0 unspecified atom stereocenters. The van der Waals surface area contributed by atoms with E-state index in [2.05, 4.69) is 5.10 Å². The summed E-state index contributed by atoms with van der Waals surface area (Å²) in [5.74, 6) is -0.193. The van der Waals surface area contributed by atoms with E-state index in [1.807, 2.05) is 0 Å². The van der Waals surface area contributed by atoms with Crippen LogP contribution in [0.1, 0.15) is 11.1 Å². The van der Waals surface area contributed by atoms with Gasteiger partial charge in [-0.15, -0.1) is 0 Å². The van der Waals surface area contributed by atoms with Crippen molar-refractivity contribution in [2.75, 3.05) is 6.61 Å². The Morgan fingerprint density at radius 3 is 2.70 bits per heavy atom. The zero-order valence-corrected chi connectivity index (χ0v) is 10.6. The van der Waals surface area contributed by atoms with Crippen molar-refractivity contribution in [3.05, 3.63) is 47.8 Å². The quantitative estimate of drug-likeness (QED) is 0.918. The first-order valence-electron chi connectivity index (χ1n) is 6.01. The maximum Gasteiger partial charge on any atom is 0.419 e. The minimum Gasteiger partial charge on any atom is -0.491 e. The highest BCUT2D eigenvalue weighted by molar-refractivity contribution is 5.39. The van der Waals surface area contributed by atoms with Crippen LogP contribution in [0.4, 0.5) is 13.2 Å². The minimum atomic E-state index is -4.47. The van der Waals surface area contributed by atoms with Crippen LogP contribution in [0, 0.1) is 0 Å². The molecule has 1 aromatic carbocycles. The number of ether oxygens (including phenoxy) is 1. The number of benzene rings is 1. The molecule has 0 aliphatic carbocycles. The van der Waals surface area contributed by atoms with E-state index < -0.39 is 11.7 Å². The second kappa shape index (κ2) is 5.96. The van der Waals surface area contributed by atoms with E-state index in [4.69, 9.17) is 10.5 Å². The van der Waals surface area contributed by atoms with E-state index in [0.717, 1.165) is 6.07 Å². The summed E-state index contributed by atoms with van der Waals surface area (Å²) >= 11 is 0. The second-order valence-corrected chi connectivity index (χ2v) is 4.15. The van der Waals surface area contributed by atoms with Gasteiger partial charge >= 0.3 is 6.18 Å². The lowest BCUT2D eigenvalue weighted by Crippen LogP contribution is -2.13. The molecule has 0 saturated carbocycles. The Morgan fingerprint density at radius 2 is 2.10 bits per heavy atom. The van der Waals surface area contributed by atoms with Crippen LogP contribution in [0.5, 0.6) is 5.75 Å². The molecule has 20 heavy (non-hydrogen) atoms. The maximum atomic E-state index is 12.9. The number of aromatic nitrogens is 2. The van der Waals surface area contributed by atoms with Crippen molar-refractivity contribution in [3.63, 3.8) is 0 Å². The molecule has 4 nitrogen and oxygen atoms in total. The molecule has 0 atom stereocenters. The van der Waals surface area contributed by atoms with Crippen LogP contribution >= 0.6 is 0 Å². The monoisotopic (exact) mass is 285 g/mol. The lowest BCUT2D eigenvalue weighted by atomic mass is 10.1. The summed E-state index contributed by atoms with van der Waals surface area (Å²) in [6.07, 6.45) is -1.16. The van der Waals surface area contributed by atoms with E-state index in [-0.39, 0.29) is 18.9 Å². The van der Waals surface area contributed by atoms with Gasteiger partial charge in [0.25, 0.3) is 0 Å². The summed E-state index contributed by atoms with van der Waals surface area (Å²) in [7, 11) is 0. The highest BCUT2D eigenvalue weighted by Gasteiger charge is 2.34. The number of nitrogens with two attached hydrogens (primary N) is 1. The van der Waals surface area contributed by atoms with E-state index in [1.54, 1.807) is 23.1 Å². The lowest BCUT2D eigenvalue weighted by Gasteiger charge is -2.15. The van der Waals surface area contributed by atoms with Crippen LogP contribution in [-0.4, -0.2) is 16.4 Å². The molecule has 0 radical (unpaired) electrons. The third kappa shape index (κ3) is 3.51. The predicted molar refractivity (Wildman–Crippen MR) is 67.1 cm³/mol. The molecule has 2 N–H and O–H groups in total. The molecule has 2 aromatic rings. The van der Waals surface area contributed by atoms with Gasteiger partial charge in [0.15, 0.2) is 0 Å². The summed E-state index contributed by atoms with van der Waals surface area (Å²) in [5, 5.41) is 3.94. The van der Waals surface area contributed by atoms with Crippen LogP contribution in [0.15, 0.2) is 36.7 Å². The molecule has 108 valence electrons. The second-order valence-electron chi connectivity index (χ2n) is 4.15. The Kier molecular flexibility index (Phi) is 4.29. The average Bonchev–Trinajstić information content (AvgIpc) is 2.91. The van der Waals surface area contributed by atoms with Crippen molar-refractivity contribution in [3.8, 4) is 5.75 Å². The van der Waals surface area contributed by atoms with Gasteiger partial charge < -0.3 is 10.5 Å². The molecule has 0 amide bonds. The summed E-state index contributed by atoms with van der Waals surface area (Å²) in [6.45, 7) is 0.534. The van der Waals surface area contributed by atoms with Crippen LogP contribution in [0.2, 0.25) is 0 Å². The Hall–Kier alpha value is -2.02. The SMILES string of the molecule is NCc1ccc(OCCn2cccn2)c(C(F)(F)F)c1. The highest BCUT2D eigenvalue weighted by Crippen LogP contribution is 2.36. The number of alkyl halides is 3. The fraction of sp³-hybridized carbons (Fsp3) is 0.308. The molecule has 2 rings (SSSR count). The normalized spacial score (nSPS) is 11.6. The third-order valence-corrected chi connectivity index (χ3v) is 2.72. The molecule has 0 bridgehead atoms. The first-order chi connectivity index (χ1) is 9.50. The highest BCUT2D eigenvalue weighted by atomic mass is 19.4. The van der Waals surface area contributed by atoms with Gasteiger partial charge in [0.05, 0.1) is 12.1 Å². The Morgan fingerprint density at radius 1 is 1.30 bits per heavy atom. The predicted octanol–water partition coefficient (Wildman–Crippen LogP) is 2.44. The Bertz CT molecular complexity index is 552. The average molecular weight is 285 g/mol. The molecule has 0 spiro atoms. The smallest absolute Gasteiger partial charge is 0.419 e. The molecule has 1 aromatic heterocycles. The van der Waals surface area contributed by atoms with Gasteiger partial charge in [-0.1, -0.05) is 6.07 Å². The number of rotatable bonds is 5. The van der Waals surface area contributed by atoms with Crippen molar-refractivity contribution in [1.82, 2.24) is 9.78 Å². The van der Waals surface area contributed by atoms with Gasteiger partial charge in [-0.25, -0.2) is 0 Å². The van der Waals surface area contributed by atoms with E-state index in [1.165, 1.54) is 12.1 Å². The van der Waals surface area contributed by atoms with Crippen molar-refractivity contribution in [2.45, 2.75) is 19.3 Å². The van der Waals surface area contributed by atoms with E-state index in [9.17, 15) is 13.2 Å². The summed E-state index contributed by atoms with van der Waals surface area (Å²) in [6, 6.07) is 5.58. The topological polar surface area (TPSA) is 53.1 Å². The first-order valence-corrected chi connectivity index (χ1v) is 6.01. The number of hydrogen-bond acceptors (Lipinski definition) is 3. The first kappa shape index (κ1) is 14.4. The fourth-order valence-corrected chi connectivity index (χ4v) is 1.73. The molecule has 1 heterocycles. The Labute approximate surface area is 114 Å². The van der Waals surface area contributed by atoms with Gasteiger partial charge in [-0.05, 0) is 23.8 Å². The van der Waals surface area contributed by atoms with E-state index in [0.29, 0.717) is 12.1 Å². The van der Waals surface area contributed by atoms with Crippen LogP contribution in [0.25, 0.3) is 0 Å². The fourth-order valence-electron chi connectivity index (χ4n) is 1.73. The standard InChI is InChI=1S/C13H14F3N3O/c14-13(15,16)11-8-10(9-17)2-3-12(11)20-7-6-19-5-1-4-18-19/h1-5,8H,6-7,9,17H2. The van der Waals surface area contributed by atoms with Crippen LogP contribution < -0.4 is 10.5 Å². The number of nitrogens with zero attached hydrogens (tertiary/aromatic N) is 2. The van der Waals surface area contributed by atoms with Crippen LogP contribution in [-0.2, 0) is 19.3 Å². The lowest BCUT2D eigenvalue weighted by molar-refractivity contribution is -0.139. The molecule has 0 saturated heterocycles. The van der Waals surface area contributed by atoms with Gasteiger partial charge in [0, 0.05) is 18.9 Å². The van der Waals surface area contributed by atoms with Gasteiger partial charge in [-0.2, -0.15) is 18.3 Å². The van der Waals surface area contributed by atoms with Gasteiger partial charge in [0.2, 0.25) is 0 Å². The molecule has 0 fully saturated rings. The zero-order valence-electron chi connectivity index (χ0n) is 10.6. The van der Waals surface area contributed by atoms with E-state index >= 15 is 0 Å². The largest absolute Gasteiger partial charge is 0.491 e. The summed E-state index contributed by atoms with van der Waals surface area (Å²) in [4.78, 5) is 0. The zero-order chi connectivity index (χ0) is 14.6. The summed E-state index contributed by atoms with van der Waals surface area (Å²) in [5.41, 5.74) is 4.97. The molecule has 7 heteroatoms. The van der Waals surface area contributed by atoms with Crippen molar-refractivity contribution < 1.29 is 17.9 Å². The van der Waals surface area contributed by atoms with Crippen molar-refractivity contribution >= 4 is 0 Å². The van der Waals surface area contributed by atoms with Crippen molar-refractivity contribution in [1.29, 1.82) is 0 Å². The van der Waals surface area contributed by atoms with Gasteiger partial charge in [-0.3, -0.25) is 4.68 Å². The van der Waals surface area contributed by atoms with Crippen molar-refractivity contribution in [2.24, 2.45) is 5.73 Å². The molecular weight excluding hydrogens is 271 g/mol. The number of hydrogen-bond donors (Lipinski definition) is 1. The van der Waals surface area contributed by atoms with Gasteiger partial charge in [0.1, 0.15) is 12.4 Å². The maximum absolute atomic E-state index is 12.9. The Balaban J connectivity index is 2.10. The molecular formula is C13H14F3N3O. The number of halogens is 3. The minimum absolute atomic E-state index is 0.0522. The molecule has 0 aliphatic heterocycles. The summed E-state index contributed by atoms with van der Waals surface area (Å²) < 4.78 is 45.6. The molecule has 0 aliphatic rings. The third-order valence-electron chi connectivity index (χ3n) is 2.72.